The molecule has 2 atom stereocenters. The van der Waals surface area contributed by atoms with Crippen molar-refractivity contribution in [2.75, 3.05) is 19.8 Å². The third-order valence-corrected chi connectivity index (χ3v) is 19.5. The maximum absolute atomic E-state index is 15.8. The summed E-state index contributed by atoms with van der Waals surface area (Å²) in [5.41, 5.74) is 11.8. The second-order valence-electron chi connectivity index (χ2n) is 28.4. The van der Waals surface area contributed by atoms with E-state index in [1.807, 2.05) is 104 Å². The number of carbonyl (C=O) groups is 4. The Bertz CT molecular complexity index is 3340. The number of benzene rings is 4. The minimum Gasteiger partial charge on any atom is -0.870 e. The van der Waals surface area contributed by atoms with Crippen LogP contribution in [0.15, 0.2) is 12.1 Å². The number of fused-ring (bicyclic) bond motifs is 4. The molecular formula is C73H101F2LiN2O11. The van der Waals surface area contributed by atoms with Crippen molar-refractivity contribution < 1.29 is 81.1 Å². The Morgan fingerprint density at radius 3 is 1.30 bits per heavy atom. The first-order valence-corrected chi connectivity index (χ1v) is 31.9. The van der Waals surface area contributed by atoms with Gasteiger partial charge in [0.25, 0.3) is 0 Å². The molecule has 2 N–H and O–H groups in total. The van der Waals surface area contributed by atoms with Crippen LogP contribution in [0.25, 0.3) is 22.3 Å². The van der Waals surface area contributed by atoms with E-state index in [4.69, 9.17) is 23.7 Å². The number of rotatable bonds is 11. The molecule has 10 rings (SSSR count). The SMILES string of the molecule is C.CCOC(=O)[C@@H](OC(C)(C)C)c1c(C)c2c(c(C)c1-c1cc(F)c3c(c1C)CCCO3)CN(C1CCCCC1)C(=O)C2(C)C.Cc1c(-c2c(C)c3c(c(C)c2[C@H](OC(C)(C)C)C(=O)O)C(C)(C)C(=O)N(C2CCCCC2)C3)cc(F)c2c1CCCO2.[Li+].[OH-]. The predicted octanol–water partition coefficient (Wildman–Crippen LogP) is 13.2. The molecule has 2 fully saturated rings. The number of hydrogen-bond acceptors (Lipinski definition) is 10. The average Bonchev–Trinajstić information content (AvgIpc) is 0.753. The van der Waals surface area contributed by atoms with Gasteiger partial charge in [0.1, 0.15) is 0 Å². The zero-order valence-corrected chi connectivity index (χ0v) is 56.1. The first-order valence-electron chi connectivity index (χ1n) is 31.9. The van der Waals surface area contributed by atoms with Crippen molar-refractivity contribution in [1.29, 1.82) is 0 Å². The van der Waals surface area contributed by atoms with Crippen molar-refractivity contribution in [1.82, 2.24) is 9.80 Å². The van der Waals surface area contributed by atoms with Gasteiger partial charge >= 0.3 is 30.8 Å². The normalized spacial score (nSPS) is 18.8. The molecule has 4 aromatic rings. The second kappa shape index (κ2) is 27.9. The molecule has 16 heteroatoms. The van der Waals surface area contributed by atoms with Crippen LogP contribution in [0.2, 0.25) is 0 Å². The number of ether oxygens (including phenoxy) is 5. The van der Waals surface area contributed by atoms with Gasteiger partial charge < -0.3 is 44.1 Å². The molecule has 4 heterocycles. The van der Waals surface area contributed by atoms with E-state index >= 15 is 8.78 Å². The van der Waals surface area contributed by atoms with Crippen LogP contribution in [-0.2, 0) is 70.1 Å². The molecule has 0 bridgehead atoms. The Kier molecular flexibility index (Phi) is 22.8. The molecule has 4 aromatic carbocycles. The summed E-state index contributed by atoms with van der Waals surface area (Å²) in [6.07, 6.45) is 11.6. The molecule has 2 amide bonds. The zero-order chi connectivity index (χ0) is 62.9. The fraction of sp³-hybridized carbons (Fsp3) is 0.616. The minimum atomic E-state index is -1.30. The molecule has 484 valence electrons. The largest absolute Gasteiger partial charge is 1.00 e. The first kappa shape index (κ1) is 72.8. The van der Waals surface area contributed by atoms with Crippen LogP contribution in [0.5, 0.6) is 11.5 Å². The van der Waals surface area contributed by atoms with Crippen LogP contribution in [0, 0.1) is 53.2 Å². The van der Waals surface area contributed by atoms with Crippen LogP contribution < -0.4 is 28.3 Å². The van der Waals surface area contributed by atoms with Crippen molar-refractivity contribution in [2.24, 2.45) is 0 Å². The number of hydrogen-bond donors (Lipinski definition) is 1. The van der Waals surface area contributed by atoms with Crippen LogP contribution in [0.3, 0.4) is 0 Å². The fourth-order valence-electron chi connectivity index (χ4n) is 15.6. The van der Waals surface area contributed by atoms with E-state index in [1.54, 1.807) is 13.0 Å². The van der Waals surface area contributed by atoms with E-state index in [1.165, 1.54) is 18.9 Å². The number of esters is 1. The second-order valence-corrected chi connectivity index (χ2v) is 28.4. The molecular weight excluding hydrogens is 1130 g/mol. The van der Waals surface area contributed by atoms with Gasteiger partial charge in [-0.2, -0.15) is 0 Å². The van der Waals surface area contributed by atoms with E-state index in [9.17, 15) is 24.3 Å². The van der Waals surface area contributed by atoms with Crippen molar-refractivity contribution >= 4 is 23.8 Å². The van der Waals surface area contributed by atoms with E-state index in [0.29, 0.717) is 66.5 Å². The van der Waals surface area contributed by atoms with Crippen LogP contribution >= 0.6 is 0 Å². The number of carboxylic acid groups (broad SMARTS) is 1. The third-order valence-electron chi connectivity index (χ3n) is 19.5. The molecule has 0 aromatic heterocycles. The quantitative estimate of drug-likeness (QED) is 0.112. The standard InChI is InChI=1S/C37H50FNO5.C35H46FNO5.CH4.Li.H2O/c1-10-42-34(40)33(44-36(5,6)7)30-23(4)31-27(20-39(35(41)37(31,8)9)24-15-12-11-13-16-24)22(3)29(30)26-19-28(38)32-25(21(26)2)17-14-18-43-32;1-19-23-15-12-16-41-30(23)26(36)17-24(19)27-20(2)25-18-37(22-13-10-9-11-14-22)33(40)35(7,8)29(25)21(3)28(27)31(32(38)39)42-34(4,5)6;;;/h19,24,33H,10-18,20H2,1-9H3;17,22,31H,9-16,18H2,1-8H3,(H,38,39);1H4;;1H2/q;;;+1;/p-1/t33-;31-;;;/m00.../s1. The fourth-order valence-corrected chi connectivity index (χ4v) is 15.6. The molecule has 89 heavy (non-hydrogen) atoms. The van der Waals surface area contributed by atoms with E-state index in [0.717, 1.165) is 149 Å². The van der Waals surface area contributed by atoms with Gasteiger partial charge in [-0.3, -0.25) is 9.59 Å². The number of aliphatic carboxylic acids is 1. The monoisotopic (exact) mass is 1230 g/mol. The van der Waals surface area contributed by atoms with Crippen molar-refractivity contribution in [2.45, 2.75) is 274 Å². The molecule has 2 aliphatic carbocycles. The van der Waals surface area contributed by atoms with E-state index in [2.05, 4.69) is 16.7 Å². The number of halogens is 2. The summed E-state index contributed by atoms with van der Waals surface area (Å²) in [5.74, 6) is -1.61. The van der Waals surface area contributed by atoms with Crippen molar-refractivity contribution in [3.8, 4) is 33.8 Å². The van der Waals surface area contributed by atoms with Crippen LogP contribution in [0.4, 0.5) is 8.78 Å². The van der Waals surface area contributed by atoms with Gasteiger partial charge in [0.05, 0.1) is 41.9 Å². The van der Waals surface area contributed by atoms with Crippen LogP contribution in [-0.4, -0.2) is 87.2 Å². The maximum atomic E-state index is 15.8. The zero-order valence-electron chi connectivity index (χ0n) is 56.1. The van der Waals surface area contributed by atoms with Gasteiger partial charge in [0, 0.05) is 47.4 Å². The van der Waals surface area contributed by atoms with E-state index < -0.39 is 57.8 Å². The van der Waals surface area contributed by atoms with Gasteiger partial charge in [-0.05, 0) is 259 Å². The Morgan fingerprint density at radius 2 is 0.955 bits per heavy atom. The summed E-state index contributed by atoms with van der Waals surface area (Å²) >= 11 is 0. The summed E-state index contributed by atoms with van der Waals surface area (Å²) in [7, 11) is 0. The summed E-state index contributed by atoms with van der Waals surface area (Å²) in [6, 6.07) is 3.47. The smallest absolute Gasteiger partial charge is 0.870 e. The number of carbonyl (C=O) groups excluding carboxylic acids is 3. The Hall–Kier alpha value is -5.30. The van der Waals surface area contributed by atoms with Crippen LogP contribution in [0.1, 0.15) is 251 Å². The molecule has 13 nitrogen and oxygen atoms in total. The Labute approximate surface area is 541 Å². The van der Waals surface area contributed by atoms with Gasteiger partial charge in [0.15, 0.2) is 35.3 Å². The average molecular weight is 1230 g/mol. The summed E-state index contributed by atoms with van der Waals surface area (Å²) in [5, 5.41) is 10.6. The van der Waals surface area contributed by atoms with Gasteiger partial charge in [-0.25, -0.2) is 18.4 Å². The van der Waals surface area contributed by atoms with Gasteiger partial charge in [-0.1, -0.05) is 46.0 Å². The topological polar surface area (TPSA) is 171 Å². The number of amides is 2. The molecule has 2 saturated carbocycles. The maximum Gasteiger partial charge on any atom is 1.00 e. The molecule has 0 spiro atoms. The minimum absolute atomic E-state index is 0. The van der Waals surface area contributed by atoms with E-state index in [-0.39, 0.29) is 62.3 Å². The summed E-state index contributed by atoms with van der Waals surface area (Å²) < 4.78 is 61.4. The molecule has 0 unspecified atom stereocenters. The van der Waals surface area contributed by atoms with Gasteiger partial charge in [-0.15, -0.1) is 0 Å². The Balaban J connectivity index is 0.000000275. The van der Waals surface area contributed by atoms with Crippen molar-refractivity contribution in [3.63, 3.8) is 0 Å². The Morgan fingerprint density at radius 1 is 0.596 bits per heavy atom. The molecule has 6 aliphatic rings. The predicted molar refractivity (Wildman–Crippen MR) is 341 cm³/mol. The summed E-state index contributed by atoms with van der Waals surface area (Å²) in [6.45, 7) is 35.1. The summed E-state index contributed by atoms with van der Waals surface area (Å²) in [4.78, 5) is 59.3. The number of carboxylic acids is 1. The third kappa shape index (κ3) is 13.8. The molecule has 0 saturated heterocycles. The molecule has 4 aliphatic heterocycles. The number of nitrogens with zero attached hydrogens (tertiary/aromatic N) is 2. The van der Waals surface area contributed by atoms with Crippen molar-refractivity contribution in [3.05, 3.63) is 102 Å². The van der Waals surface area contributed by atoms with Gasteiger partial charge in [0.2, 0.25) is 11.8 Å². The molecule has 0 radical (unpaired) electrons. The first-order chi connectivity index (χ1) is 40.3.